The van der Waals surface area contributed by atoms with Crippen molar-refractivity contribution in [2.75, 3.05) is 12.0 Å². The molecular weight excluding hydrogens is 414 g/mol. The molecule has 4 rings (SSSR count). The van der Waals surface area contributed by atoms with E-state index in [4.69, 9.17) is 16.3 Å². The largest absolute Gasteiger partial charge is 0.497 e. The summed E-state index contributed by atoms with van der Waals surface area (Å²) in [7, 11) is 1.55. The first-order valence-electron chi connectivity index (χ1n) is 8.33. The van der Waals surface area contributed by atoms with Gasteiger partial charge in [0.15, 0.2) is 0 Å². The molecule has 0 bridgehead atoms. The number of nitrogens with zero attached hydrogens (tertiary/aromatic N) is 1. The normalized spacial score (nSPS) is 14.1. The molecule has 4 nitrogen and oxygen atoms in total. The van der Waals surface area contributed by atoms with Crippen LogP contribution in [0.4, 0.5) is 5.69 Å². The Morgan fingerprint density at radius 1 is 1.00 bits per heavy atom. The fourth-order valence-electron chi connectivity index (χ4n) is 2.85. The lowest BCUT2D eigenvalue weighted by molar-refractivity contribution is -0.119. The number of carbonyl (C=O) groups is 2. The Kier molecular flexibility index (Phi) is 5.26. The molecule has 0 fully saturated rings. The molecule has 0 atom stereocenters. The van der Waals surface area contributed by atoms with Crippen LogP contribution in [0.5, 0.6) is 5.75 Å². The first-order chi connectivity index (χ1) is 13.6. The molecular formula is C21H14ClNO3S2. The standard InChI is InChI=1S/C21H14ClNO3S2/c1-26-15-5-2-4-14(12-15)23-20(24)18(17-6-3-11-27-17)19(21(23)25)28-16-9-7-13(22)8-10-16/h2-12H,1H3. The number of hydrogen-bond donors (Lipinski definition) is 0. The first-order valence-corrected chi connectivity index (χ1v) is 10.4. The molecule has 1 aromatic heterocycles. The van der Waals surface area contributed by atoms with Gasteiger partial charge in [-0.1, -0.05) is 35.5 Å². The van der Waals surface area contributed by atoms with E-state index in [0.29, 0.717) is 26.9 Å². The van der Waals surface area contributed by atoms with Gasteiger partial charge in [-0.3, -0.25) is 9.59 Å². The van der Waals surface area contributed by atoms with E-state index < -0.39 is 0 Å². The molecule has 2 heterocycles. The van der Waals surface area contributed by atoms with E-state index in [2.05, 4.69) is 0 Å². The number of hydrogen-bond acceptors (Lipinski definition) is 5. The van der Waals surface area contributed by atoms with Crippen LogP contribution in [0.25, 0.3) is 5.57 Å². The lowest BCUT2D eigenvalue weighted by atomic mass is 10.2. The minimum Gasteiger partial charge on any atom is -0.497 e. The fraction of sp³-hybridized carbons (Fsp3) is 0.0476. The molecule has 2 aromatic carbocycles. The maximum absolute atomic E-state index is 13.3. The average Bonchev–Trinajstić information content (AvgIpc) is 3.30. The lowest BCUT2D eigenvalue weighted by Crippen LogP contribution is -2.31. The fourth-order valence-corrected chi connectivity index (χ4v) is 4.79. The molecule has 0 N–H and O–H groups in total. The molecule has 2 amide bonds. The average molecular weight is 428 g/mol. The predicted molar refractivity (Wildman–Crippen MR) is 114 cm³/mol. The first kappa shape index (κ1) is 18.8. The van der Waals surface area contributed by atoms with Crippen molar-refractivity contribution in [3.05, 3.63) is 80.8 Å². The predicted octanol–water partition coefficient (Wildman–Crippen LogP) is 5.49. The van der Waals surface area contributed by atoms with E-state index in [1.54, 1.807) is 43.5 Å². The van der Waals surface area contributed by atoms with E-state index in [0.717, 1.165) is 9.77 Å². The van der Waals surface area contributed by atoms with Crippen molar-refractivity contribution in [3.8, 4) is 5.75 Å². The molecule has 7 heteroatoms. The second kappa shape index (κ2) is 7.83. The molecule has 0 radical (unpaired) electrons. The molecule has 0 saturated carbocycles. The Morgan fingerprint density at radius 3 is 2.46 bits per heavy atom. The highest BCUT2D eigenvalue weighted by molar-refractivity contribution is 8.04. The third-order valence-electron chi connectivity index (χ3n) is 4.15. The summed E-state index contributed by atoms with van der Waals surface area (Å²) in [5.41, 5.74) is 0.901. The summed E-state index contributed by atoms with van der Waals surface area (Å²) in [6.45, 7) is 0. The van der Waals surface area contributed by atoms with Crippen molar-refractivity contribution >= 4 is 57.8 Å². The number of thioether (sulfide) groups is 1. The van der Waals surface area contributed by atoms with E-state index in [9.17, 15) is 9.59 Å². The topological polar surface area (TPSA) is 46.6 Å². The van der Waals surface area contributed by atoms with Crippen LogP contribution >= 0.6 is 34.7 Å². The van der Waals surface area contributed by atoms with Crippen LogP contribution in [-0.2, 0) is 9.59 Å². The van der Waals surface area contributed by atoms with Gasteiger partial charge in [0.25, 0.3) is 11.8 Å². The number of anilines is 1. The Balaban J connectivity index is 1.78. The summed E-state index contributed by atoms with van der Waals surface area (Å²) in [4.78, 5) is 29.7. The van der Waals surface area contributed by atoms with Gasteiger partial charge in [-0.15, -0.1) is 11.3 Å². The zero-order valence-corrected chi connectivity index (χ0v) is 17.1. The van der Waals surface area contributed by atoms with Gasteiger partial charge in [0.1, 0.15) is 5.75 Å². The van der Waals surface area contributed by atoms with Crippen molar-refractivity contribution in [2.24, 2.45) is 0 Å². The minimum absolute atomic E-state index is 0.336. The number of benzene rings is 2. The molecule has 0 spiro atoms. The maximum atomic E-state index is 13.3. The lowest BCUT2D eigenvalue weighted by Gasteiger charge is -2.16. The van der Waals surface area contributed by atoms with E-state index in [-0.39, 0.29) is 11.8 Å². The number of rotatable bonds is 5. The van der Waals surface area contributed by atoms with Crippen LogP contribution in [0.15, 0.2) is 75.8 Å². The summed E-state index contributed by atoms with van der Waals surface area (Å²) in [6, 6.07) is 17.8. The monoisotopic (exact) mass is 427 g/mol. The van der Waals surface area contributed by atoms with Gasteiger partial charge in [0.2, 0.25) is 0 Å². The SMILES string of the molecule is COc1cccc(N2C(=O)C(Sc3ccc(Cl)cc3)=C(c3cccs3)C2=O)c1. The molecule has 1 aliphatic rings. The Morgan fingerprint density at radius 2 is 1.79 bits per heavy atom. The van der Waals surface area contributed by atoms with E-state index in [1.807, 2.05) is 29.6 Å². The third-order valence-corrected chi connectivity index (χ3v) is 6.38. The molecule has 3 aromatic rings. The van der Waals surface area contributed by atoms with Crippen LogP contribution in [0.2, 0.25) is 5.02 Å². The summed E-state index contributed by atoms with van der Waals surface area (Å²) in [5.74, 6) is -0.103. The number of thiophene rings is 1. The van der Waals surface area contributed by atoms with Crippen LogP contribution in [-0.4, -0.2) is 18.9 Å². The summed E-state index contributed by atoms with van der Waals surface area (Å²) < 4.78 is 5.24. The van der Waals surface area contributed by atoms with Crippen LogP contribution < -0.4 is 9.64 Å². The highest BCUT2D eigenvalue weighted by Crippen LogP contribution is 2.43. The van der Waals surface area contributed by atoms with E-state index in [1.165, 1.54) is 28.0 Å². The molecule has 1 aliphatic heterocycles. The van der Waals surface area contributed by atoms with Gasteiger partial charge < -0.3 is 4.74 Å². The Labute approximate surface area is 175 Å². The Bertz CT molecular complexity index is 1080. The highest BCUT2D eigenvalue weighted by Gasteiger charge is 2.41. The maximum Gasteiger partial charge on any atom is 0.272 e. The van der Waals surface area contributed by atoms with Gasteiger partial charge in [-0.25, -0.2) is 4.90 Å². The number of ether oxygens (including phenoxy) is 1. The summed E-state index contributed by atoms with van der Waals surface area (Å²) >= 11 is 8.66. The smallest absolute Gasteiger partial charge is 0.272 e. The van der Waals surface area contributed by atoms with Gasteiger partial charge in [-0.2, -0.15) is 0 Å². The second-order valence-corrected chi connectivity index (χ2v) is 8.35. The summed E-state index contributed by atoms with van der Waals surface area (Å²) in [5, 5.41) is 2.50. The molecule has 0 saturated heterocycles. The number of imide groups is 1. The van der Waals surface area contributed by atoms with Crippen molar-refractivity contribution < 1.29 is 14.3 Å². The highest BCUT2D eigenvalue weighted by atomic mass is 35.5. The van der Waals surface area contributed by atoms with Crippen molar-refractivity contribution in [2.45, 2.75) is 4.90 Å². The number of carbonyl (C=O) groups excluding carboxylic acids is 2. The molecule has 0 aliphatic carbocycles. The number of amides is 2. The van der Waals surface area contributed by atoms with Gasteiger partial charge in [0.05, 0.1) is 23.3 Å². The molecule has 140 valence electrons. The molecule has 28 heavy (non-hydrogen) atoms. The zero-order chi connectivity index (χ0) is 19.7. The Hall–Kier alpha value is -2.54. The van der Waals surface area contributed by atoms with Crippen molar-refractivity contribution in [1.82, 2.24) is 0 Å². The van der Waals surface area contributed by atoms with Gasteiger partial charge in [-0.05, 0) is 47.8 Å². The van der Waals surface area contributed by atoms with Gasteiger partial charge >= 0.3 is 0 Å². The third kappa shape index (κ3) is 3.46. The zero-order valence-electron chi connectivity index (χ0n) is 14.7. The van der Waals surface area contributed by atoms with Gasteiger partial charge in [0, 0.05) is 20.9 Å². The second-order valence-electron chi connectivity index (χ2n) is 5.88. The van der Waals surface area contributed by atoms with Crippen LogP contribution in [0.1, 0.15) is 4.88 Å². The van der Waals surface area contributed by atoms with Crippen molar-refractivity contribution in [3.63, 3.8) is 0 Å². The molecule has 0 unspecified atom stereocenters. The number of halogens is 1. The van der Waals surface area contributed by atoms with Crippen LogP contribution in [0.3, 0.4) is 0 Å². The quantitative estimate of drug-likeness (QED) is 0.505. The summed E-state index contributed by atoms with van der Waals surface area (Å²) in [6.07, 6.45) is 0. The minimum atomic E-state index is -0.346. The van der Waals surface area contributed by atoms with Crippen molar-refractivity contribution in [1.29, 1.82) is 0 Å². The van der Waals surface area contributed by atoms with Crippen LogP contribution in [0, 0.1) is 0 Å². The van der Waals surface area contributed by atoms with E-state index >= 15 is 0 Å². The number of methoxy groups -OCH3 is 1.